The van der Waals surface area contributed by atoms with Gasteiger partial charge in [0.2, 0.25) is 5.95 Å². The van der Waals surface area contributed by atoms with Crippen LogP contribution in [-0.4, -0.2) is 32.2 Å². The molecule has 5 nitrogen and oxygen atoms in total. The van der Waals surface area contributed by atoms with Gasteiger partial charge in [0.25, 0.3) is 0 Å². The van der Waals surface area contributed by atoms with E-state index >= 15 is 0 Å². The Morgan fingerprint density at radius 2 is 1.96 bits per heavy atom. The summed E-state index contributed by atoms with van der Waals surface area (Å²) in [5.41, 5.74) is 3.18. The lowest BCUT2D eigenvalue weighted by molar-refractivity contribution is 0.122. The molecule has 0 bridgehead atoms. The predicted molar refractivity (Wildman–Crippen MR) is 92.7 cm³/mol. The fraction of sp³-hybridized carbons (Fsp3) is 0.611. The Bertz CT molecular complexity index is 680. The molecule has 1 atom stereocenters. The number of hydrogen-bond acceptors (Lipinski definition) is 5. The molecule has 2 N–H and O–H groups in total. The highest BCUT2D eigenvalue weighted by Crippen LogP contribution is 2.36. The number of aliphatic hydroxyl groups is 1. The van der Waals surface area contributed by atoms with Gasteiger partial charge in [-0.1, -0.05) is 6.92 Å². The monoisotopic (exact) mass is 314 g/mol. The van der Waals surface area contributed by atoms with Gasteiger partial charge in [-0.25, -0.2) is 9.97 Å². The van der Waals surface area contributed by atoms with E-state index in [1.807, 2.05) is 19.3 Å². The van der Waals surface area contributed by atoms with E-state index in [-0.39, 0.29) is 6.10 Å². The molecule has 3 rings (SSSR count). The SMILES string of the molecule is CC[C@H](C)Nc1ncc2c(C)ncc(C3CCC(O)CC3)c2n1. The van der Waals surface area contributed by atoms with Gasteiger partial charge in [0, 0.05) is 35.1 Å². The van der Waals surface area contributed by atoms with E-state index < -0.39 is 0 Å². The van der Waals surface area contributed by atoms with E-state index in [0.29, 0.717) is 17.9 Å². The molecular formula is C18H26N4O. The van der Waals surface area contributed by atoms with Crippen LogP contribution in [0, 0.1) is 6.92 Å². The molecule has 1 aliphatic carbocycles. The molecule has 5 heteroatoms. The van der Waals surface area contributed by atoms with Gasteiger partial charge >= 0.3 is 0 Å². The van der Waals surface area contributed by atoms with Crippen molar-refractivity contribution < 1.29 is 5.11 Å². The van der Waals surface area contributed by atoms with E-state index in [1.54, 1.807) is 0 Å². The van der Waals surface area contributed by atoms with E-state index in [4.69, 9.17) is 4.98 Å². The zero-order valence-corrected chi connectivity index (χ0v) is 14.2. The first-order valence-corrected chi connectivity index (χ1v) is 8.65. The van der Waals surface area contributed by atoms with E-state index in [1.165, 1.54) is 5.56 Å². The van der Waals surface area contributed by atoms with Crippen LogP contribution in [0.5, 0.6) is 0 Å². The first-order valence-electron chi connectivity index (χ1n) is 8.65. The largest absolute Gasteiger partial charge is 0.393 e. The van der Waals surface area contributed by atoms with Crippen molar-refractivity contribution in [2.45, 2.75) is 70.9 Å². The van der Waals surface area contributed by atoms with Gasteiger partial charge in [-0.3, -0.25) is 4.98 Å². The average molecular weight is 314 g/mol. The van der Waals surface area contributed by atoms with Crippen LogP contribution < -0.4 is 5.32 Å². The third-order valence-corrected chi connectivity index (χ3v) is 4.97. The quantitative estimate of drug-likeness (QED) is 0.903. The van der Waals surface area contributed by atoms with E-state index in [0.717, 1.165) is 48.7 Å². The van der Waals surface area contributed by atoms with Crippen molar-refractivity contribution in [2.75, 3.05) is 5.32 Å². The Labute approximate surface area is 137 Å². The molecular weight excluding hydrogens is 288 g/mol. The van der Waals surface area contributed by atoms with Gasteiger partial charge in [0.15, 0.2) is 0 Å². The van der Waals surface area contributed by atoms with E-state index in [2.05, 4.69) is 29.1 Å². The highest BCUT2D eigenvalue weighted by molar-refractivity contribution is 5.84. The number of aromatic nitrogens is 3. The van der Waals surface area contributed by atoms with Gasteiger partial charge in [-0.15, -0.1) is 0 Å². The Balaban J connectivity index is 1.99. The Morgan fingerprint density at radius 3 is 2.65 bits per heavy atom. The lowest BCUT2D eigenvalue weighted by atomic mass is 9.82. The molecule has 0 spiro atoms. The molecule has 23 heavy (non-hydrogen) atoms. The summed E-state index contributed by atoms with van der Waals surface area (Å²) < 4.78 is 0. The second-order valence-corrected chi connectivity index (χ2v) is 6.71. The number of pyridine rings is 1. The van der Waals surface area contributed by atoms with Crippen molar-refractivity contribution in [3.8, 4) is 0 Å². The van der Waals surface area contributed by atoms with Crippen LogP contribution >= 0.6 is 0 Å². The summed E-state index contributed by atoms with van der Waals surface area (Å²) in [6, 6.07) is 0.351. The van der Waals surface area contributed by atoms with Gasteiger partial charge in [-0.2, -0.15) is 0 Å². The van der Waals surface area contributed by atoms with Crippen molar-refractivity contribution >= 4 is 16.9 Å². The van der Waals surface area contributed by atoms with Crippen LogP contribution in [0.4, 0.5) is 5.95 Å². The van der Waals surface area contributed by atoms with Crippen LogP contribution in [0.15, 0.2) is 12.4 Å². The third-order valence-electron chi connectivity index (χ3n) is 4.97. The van der Waals surface area contributed by atoms with Crippen molar-refractivity contribution in [2.24, 2.45) is 0 Å². The van der Waals surface area contributed by atoms with Crippen molar-refractivity contribution in [1.82, 2.24) is 15.0 Å². The van der Waals surface area contributed by atoms with Crippen LogP contribution in [0.25, 0.3) is 10.9 Å². The van der Waals surface area contributed by atoms with Gasteiger partial charge in [0.05, 0.1) is 11.6 Å². The molecule has 1 saturated carbocycles. The first kappa shape index (κ1) is 16.1. The first-order chi connectivity index (χ1) is 11.1. The molecule has 0 saturated heterocycles. The second kappa shape index (κ2) is 6.79. The highest BCUT2D eigenvalue weighted by Gasteiger charge is 2.23. The van der Waals surface area contributed by atoms with Crippen molar-refractivity contribution in [1.29, 1.82) is 0 Å². The third kappa shape index (κ3) is 3.44. The number of fused-ring (bicyclic) bond motifs is 1. The number of aliphatic hydroxyl groups excluding tert-OH is 1. The fourth-order valence-electron chi connectivity index (χ4n) is 3.24. The van der Waals surface area contributed by atoms with Crippen molar-refractivity contribution in [3.05, 3.63) is 23.7 Å². The van der Waals surface area contributed by atoms with Crippen LogP contribution in [0.1, 0.15) is 63.1 Å². The predicted octanol–water partition coefficient (Wildman–Crippen LogP) is 3.56. The number of nitrogens with one attached hydrogen (secondary N) is 1. The molecule has 124 valence electrons. The summed E-state index contributed by atoms with van der Waals surface area (Å²) in [4.78, 5) is 13.8. The van der Waals surface area contributed by atoms with Crippen LogP contribution in [-0.2, 0) is 0 Å². The molecule has 0 radical (unpaired) electrons. The molecule has 0 amide bonds. The Hall–Kier alpha value is -1.75. The molecule has 2 aromatic rings. The maximum Gasteiger partial charge on any atom is 0.223 e. The second-order valence-electron chi connectivity index (χ2n) is 6.71. The molecule has 0 unspecified atom stereocenters. The smallest absolute Gasteiger partial charge is 0.223 e. The average Bonchev–Trinajstić information content (AvgIpc) is 2.56. The fourth-order valence-corrected chi connectivity index (χ4v) is 3.24. The molecule has 1 aliphatic rings. The number of nitrogens with zero attached hydrogens (tertiary/aromatic N) is 3. The summed E-state index contributed by atoms with van der Waals surface area (Å²) in [5, 5.41) is 14.1. The van der Waals surface area contributed by atoms with Gasteiger partial charge < -0.3 is 10.4 Å². The number of anilines is 1. The number of hydrogen-bond donors (Lipinski definition) is 2. The van der Waals surface area contributed by atoms with Crippen LogP contribution in [0.2, 0.25) is 0 Å². The minimum absolute atomic E-state index is 0.145. The zero-order valence-electron chi connectivity index (χ0n) is 14.2. The Kier molecular flexibility index (Phi) is 4.76. The molecule has 1 fully saturated rings. The maximum atomic E-state index is 9.75. The highest BCUT2D eigenvalue weighted by atomic mass is 16.3. The lowest BCUT2D eigenvalue weighted by Gasteiger charge is -2.26. The van der Waals surface area contributed by atoms with Gasteiger partial charge in [0.1, 0.15) is 0 Å². The summed E-state index contributed by atoms with van der Waals surface area (Å²) in [5.74, 6) is 1.12. The zero-order chi connectivity index (χ0) is 16.4. The standard InChI is InChI=1S/C18H26N4O/c1-4-11(2)21-18-20-9-15-12(3)19-10-16(17(15)22-18)13-5-7-14(23)8-6-13/h9-11,13-14,23H,4-8H2,1-3H3,(H,20,21,22)/t11-,13?,14?/m0/s1. The summed E-state index contributed by atoms with van der Waals surface area (Å²) in [6.07, 6.45) is 8.47. The topological polar surface area (TPSA) is 70.9 Å². The minimum atomic E-state index is -0.145. The molecule has 2 aromatic heterocycles. The summed E-state index contributed by atoms with van der Waals surface area (Å²) in [7, 11) is 0. The number of rotatable bonds is 4. The van der Waals surface area contributed by atoms with E-state index in [9.17, 15) is 5.11 Å². The number of aryl methyl sites for hydroxylation is 1. The molecule has 2 heterocycles. The summed E-state index contributed by atoms with van der Waals surface area (Å²) >= 11 is 0. The maximum absolute atomic E-state index is 9.75. The summed E-state index contributed by atoms with van der Waals surface area (Å²) in [6.45, 7) is 6.28. The minimum Gasteiger partial charge on any atom is -0.393 e. The van der Waals surface area contributed by atoms with Gasteiger partial charge in [-0.05, 0) is 51.9 Å². The van der Waals surface area contributed by atoms with Crippen LogP contribution in [0.3, 0.4) is 0 Å². The Morgan fingerprint density at radius 1 is 1.22 bits per heavy atom. The normalized spacial score (nSPS) is 23.0. The van der Waals surface area contributed by atoms with Crippen molar-refractivity contribution in [3.63, 3.8) is 0 Å². The molecule has 0 aromatic carbocycles. The lowest BCUT2D eigenvalue weighted by Crippen LogP contribution is -2.18. The molecule has 0 aliphatic heterocycles.